The fourth-order valence-corrected chi connectivity index (χ4v) is 5.29. The van der Waals surface area contributed by atoms with E-state index in [9.17, 15) is 19.5 Å². The maximum atomic E-state index is 12.4. The molecule has 3 heterocycles. The third kappa shape index (κ3) is 4.71. The van der Waals surface area contributed by atoms with Gasteiger partial charge in [-0.15, -0.1) is 0 Å². The lowest BCUT2D eigenvalue weighted by Gasteiger charge is -2.32. The number of nitrogens with one attached hydrogen (secondary N) is 2. The Hall–Kier alpha value is -4.27. The zero-order chi connectivity index (χ0) is 27.0. The first kappa shape index (κ1) is 25.4. The van der Waals surface area contributed by atoms with Crippen LogP contribution in [0.3, 0.4) is 0 Å². The van der Waals surface area contributed by atoms with E-state index < -0.39 is 22.9 Å². The third-order valence-electron chi connectivity index (χ3n) is 7.42. The van der Waals surface area contributed by atoms with Crippen molar-refractivity contribution in [3.8, 4) is 0 Å². The lowest BCUT2D eigenvalue weighted by atomic mass is 10.0. The Balaban J connectivity index is 1.33. The zero-order valence-corrected chi connectivity index (χ0v) is 21.7. The van der Waals surface area contributed by atoms with Crippen LogP contribution in [0.2, 0.25) is 0 Å². The summed E-state index contributed by atoms with van der Waals surface area (Å²) >= 11 is 0. The molecular formula is C29H31N5O4. The van der Waals surface area contributed by atoms with Crippen molar-refractivity contribution in [3.05, 3.63) is 80.5 Å². The summed E-state index contributed by atoms with van der Waals surface area (Å²) in [6.45, 7) is 6.09. The highest BCUT2D eigenvalue weighted by atomic mass is 16.4. The van der Waals surface area contributed by atoms with E-state index in [0.29, 0.717) is 11.5 Å². The van der Waals surface area contributed by atoms with Crippen molar-refractivity contribution in [2.45, 2.75) is 64.6 Å². The molecule has 9 heteroatoms. The summed E-state index contributed by atoms with van der Waals surface area (Å²) in [6, 6.07) is 10.6. The van der Waals surface area contributed by atoms with Gasteiger partial charge in [-0.25, -0.2) is 9.78 Å². The van der Waals surface area contributed by atoms with Gasteiger partial charge in [-0.3, -0.25) is 14.6 Å². The fourth-order valence-electron chi connectivity index (χ4n) is 5.29. The van der Waals surface area contributed by atoms with Crippen molar-refractivity contribution in [1.82, 2.24) is 9.97 Å². The van der Waals surface area contributed by atoms with Crippen LogP contribution in [-0.4, -0.2) is 39.2 Å². The van der Waals surface area contributed by atoms with Crippen LogP contribution in [0, 0.1) is 0 Å². The highest BCUT2D eigenvalue weighted by Crippen LogP contribution is 2.33. The van der Waals surface area contributed by atoms with E-state index in [-0.39, 0.29) is 24.2 Å². The highest BCUT2D eigenvalue weighted by Gasteiger charge is 2.36. The number of fused-ring (bicyclic) bond motifs is 1. The Morgan fingerprint density at radius 2 is 1.82 bits per heavy atom. The Morgan fingerprint density at radius 3 is 2.47 bits per heavy atom. The average Bonchev–Trinajstić information content (AvgIpc) is 3.25. The Morgan fingerprint density at radius 1 is 1.11 bits per heavy atom. The lowest BCUT2D eigenvalue weighted by Crippen LogP contribution is -2.48. The second-order valence-corrected chi connectivity index (χ2v) is 10.0. The average molecular weight is 514 g/mol. The molecule has 1 fully saturated rings. The van der Waals surface area contributed by atoms with E-state index in [0.717, 1.165) is 47.0 Å². The number of rotatable bonds is 9. The molecule has 196 valence electrons. The maximum absolute atomic E-state index is 12.4. The first-order chi connectivity index (χ1) is 18.3. The van der Waals surface area contributed by atoms with Gasteiger partial charge in [-0.2, -0.15) is 0 Å². The molecule has 38 heavy (non-hydrogen) atoms. The first-order valence-corrected chi connectivity index (χ1v) is 13.0. The number of aliphatic carboxylic acids is 1. The standard InChI is InChI=1S/C29H31N5O4/c1-4-20-14-19-11-12-30-15-22(19)28(31-20)32-21-9-7-18(8-10-21)13-23(29(37)38)33-24-25(27(36)26(24)35)34-16(2)5-6-17(34)3/h7-12,14-17,23,33H,4-6,13H2,1-3H3,(H,31,32)(H,37,38)/t16-,17-,23-/m0/s1. The minimum Gasteiger partial charge on any atom is -0.480 e. The van der Waals surface area contributed by atoms with Gasteiger partial charge in [0.1, 0.15) is 23.2 Å². The molecule has 2 aromatic carbocycles. The fraction of sp³-hybridized carbons (Fsp3) is 0.345. The van der Waals surface area contributed by atoms with Gasteiger partial charge in [0.15, 0.2) is 0 Å². The number of carboxylic acids is 1. The van der Waals surface area contributed by atoms with Crippen molar-refractivity contribution >= 4 is 39.6 Å². The summed E-state index contributed by atoms with van der Waals surface area (Å²) in [5.74, 6) is -0.378. The number of aryl methyl sites for hydroxylation is 1. The second kappa shape index (κ2) is 10.2. The molecule has 1 saturated heterocycles. The first-order valence-electron chi connectivity index (χ1n) is 13.0. The summed E-state index contributed by atoms with van der Waals surface area (Å²) in [5.41, 5.74) is 1.79. The predicted molar refractivity (Wildman–Crippen MR) is 149 cm³/mol. The SMILES string of the molecule is CCc1cc2ccncc2c(Nc2ccc(C[C@H](Nc3c(N4[C@@H](C)CC[C@@H]4C)c(=O)c3=O)C(=O)O)cc2)n1. The number of nitrogens with zero attached hydrogens (tertiary/aromatic N) is 3. The van der Waals surface area contributed by atoms with Crippen LogP contribution in [0.25, 0.3) is 10.8 Å². The normalized spacial score (nSPS) is 18.1. The minimum absolute atomic E-state index is 0.114. The summed E-state index contributed by atoms with van der Waals surface area (Å²) in [5, 5.41) is 18.1. The highest BCUT2D eigenvalue weighted by molar-refractivity contribution is 5.93. The Labute approximate surface area is 220 Å². The van der Waals surface area contributed by atoms with Crippen LogP contribution < -0.4 is 26.4 Å². The zero-order valence-electron chi connectivity index (χ0n) is 21.7. The van der Waals surface area contributed by atoms with Crippen LogP contribution in [0.15, 0.2) is 58.4 Å². The van der Waals surface area contributed by atoms with Crippen LogP contribution in [-0.2, 0) is 17.6 Å². The number of hydrogen-bond donors (Lipinski definition) is 3. The van der Waals surface area contributed by atoms with Crippen LogP contribution >= 0.6 is 0 Å². The molecular weight excluding hydrogens is 482 g/mol. The molecule has 3 N–H and O–H groups in total. The van der Waals surface area contributed by atoms with Crippen molar-refractivity contribution in [1.29, 1.82) is 0 Å². The number of benzene rings is 1. The van der Waals surface area contributed by atoms with Gasteiger partial charge in [0.25, 0.3) is 10.9 Å². The molecule has 5 rings (SSSR count). The molecule has 0 saturated carbocycles. The van der Waals surface area contributed by atoms with E-state index in [1.54, 1.807) is 12.4 Å². The van der Waals surface area contributed by atoms with E-state index in [2.05, 4.69) is 28.6 Å². The Bertz CT molecular complexity index is 1550. The molecule has 1 aliphatic rings. The number of hydrogen-bond acceptors (Lipinski definition) is 8. The Kier molecular flexibility index (Phi) is 6.84. The monoisotopic (exact) mass is 513 g/mol. The van der Waals surface area contributed by atoms with Crippen molar-refractivity contribution in [3.63, 3.8) is 0 Å². The van der Waals surface area contributed by atoms with Crippen molar-refractivity contribution < 1.29 is 9.90 Å². The molecule has 9 nitrogen and oxygen atoms in total. The summed E-state index contributed by atoms with van der Waals surface area (Å²) in [4.78, 5) is 47.8. The molecule has 4 aromatic rings. The van der Waals surface area contributed by atoms with E-state index in [1.807, 2.05) is 49.1 Å². The van der Waals surface area contributed by atoms with Gasteiger partial charge in [0.2, 0.25) is 0 Å². The summed E-state index contributed by atoms with van der Waals surface area (Å²) in [7, 11) is 0. The molecule has 0 bridgehead atoms. The number of carboxylic acid groups (broad SMARTS) is 1. The maximum Gasteiger partial charge on any atom is 0.326 e. The predicted octanol–water partition coefficient (Wildman–Crippen LogP) is 4.02. The lowest BCUT2D eigenvalue weighted by molar-refractivity contribution is -0.137. The largest absolute Gasteiger partial charge is 0.480 e. The van der Waals surface area contributed by atoms with Crippen LogP contribution in [0.1, 0.15) is 44.9 Å². The molecule has 1 aliphatic heterocycles. The molecule has 0 aliphatic carbocycles. The number of pyridine rings is 2. The molecule has 0 radical (unpaired) electrons. The summed E-state index contributed by atoms with van der Waals surface area (Å²) < 4.78 is 0. The van der Waals surface area contributed by atoms with Gasteiger partial charge < -0.3 is 20.6 Å². The minimum atomic E-state index is -1.09. The smallest absolute Gasteiger partial charge is 0.326 e. The van der Waals surface area contributed by atoms with Crippen LogP contribution in [0.4, 0.5) is 22.9 Å². The number of carbonyl (C=O) groups is 1. The molecule has 2 aromatic heterocycles. The van der Waals surface area contributed by atoms with Gasteiger partial charge in [-0.1, -0.05) is 19.1 Å². The van der Waals surface area contributed by atoms with Crippen molar-refractivity contribution in [2.75, 3.05) is 15.5 Å². The summed E-state index contributed by atoms with van der Waals surface area (Å²) in [6.07, 6.45) is 6.33. The van der Waals surface area contributed by atoms with Gasteiger partial charge in [-0.05, 0) is 68.3 Å². The van der Waals surface area contributed by atoms with E-state index in [1.165, 1.54) is 0 Å². The van der Waals surface area contributed by atoms with E-state index >= 15 is 0 Å². The van der Waals surface area contributed by atoms with Crippen molar-refractivity contribution in [2.24, 2.45) is 0 Å². The van der Waals surface area contributed by atoms with Gasteiger partial charge >= 0.3 is 5.97 Å². The van der Waals surface area contributed by atoms with Gasteiger partial charge in [0.05, 0.1) is 0 Å². The third-order valence-corrected chi connectivity index (χ3v) is 7.42. The number of anilines is 4. The van der Waals surface area contributed by atoms with Crippen LogP contribution in [0.5, 0.6) is 0 Å². The quantitative estimate of drug-likeness (QED) is 0.285. The molecule has 3 atom stereocenters. The molecule has 0 amide bonds. The van der Waals surface area contributed by atoms with Gasteiger partial charge in [0, 0.05) is 47.7 Å². The topological polar surface area (TPSA) is 125 Å². The molecule has 0 unspecified atom stereocenters. The second-order valence-electron chi connectivity index (χ2n) is 10.0. The number of aromatic nitrogens is 2. The molecule has 0 spiro atoms. The van der Waals surface area contributed by atoms with E-state index in [4.69, 9.17) is 4.98 Å².